The summed E-state index contributed by atoms with van der Waals surface area (Å²) in [5.74, 6) is 0. The molecule has 0 amide bonds. The summed E-state index contributed by atoms with van der Waals surface area (Å²) < 4.78 is 0. The summed E-state index contributed by atoms with van der Waals surface area (Å²) in [6.07, 6.45) is 3.70. The molecule has 0 saturated carbocycles. The van der Waals surface area contributed by atoms with Crippen LogP contribution in [0.3, 0.4) is 0 Å². The Bertz CT molecular complexity index is 901. The second-order valence-corrected chi connectivity index (χ2v) is 7.04. The molecule has 3 aromatic carbocycles. The molecule has 0 bridgehead atoms. The average molecular weight is 413 g/mol. The lowest BCUT2D eigenvalue weighted by atomic mass is 10.0. The third kappa shape index (κ3) is 7.14. The molecule has 3 aromatic rings. The molecule has 0 radical (unpaired) electrons. The van der Waals surface area contributed by atoms with Gasteiger partial charge in [-0.25, -0.2) is 0 Å². The Kier molecular flexibility index (Phi) is 9.81. The predicted octanol–water partition coefficient (Wildman–Crippen LogP) is 6.38. The molecule has 0 aliphatic carbocycles. The summed E-state index contributed by atoms with van der Waals surface area (Å²) in [5.41, 5.74) is 2.46. The van der Waals surface area contributed by atoms with Crippen LogP contribution in [-0.4, -0.2) is 13.1 Å². The van der Waals surface area contributed by atoms with Crippen LogP contribution in [0, 0.1) is 0 Å². The minimum Gasteiger partial charge on any atom is -0.309 e. The zero-order chi connectivity index (χ0) is 20.2. The van der Waals surface area contributed by atoms with Crippen molar-refractivity contribution in [3.8, 4) is 0 Å². The molecular weight excluding hydrogens is 387 g/mol. The van der Waals surface area contributed by atoms with Crippen LogP contribution in [0.25, 0.3) is 10.8 Å². The van der Waals surface area contributed by atoms with Gasteiger partial charge in [0.15, 0.2) is 0 Å². The first-order valence-corrected chi connectivity index (χ1v) is 9.95. The molecule has 28 heavy (non-hydrogen) atoms. The van der Waals surface area contributed by atoms with E-state index in [1.54, 1.807) is 6.07 Å². The molecule has 2 nitrogen and oxygen atoms in total. The Morgan fingerprint density at radius 2 is 1.43 bits per heavy atom. The molecule has 0 fully saturated rings. The van der Waals surface area contributed by atoms with Gasteiger partial charge in [0, 0.05) is 26.2 Å². The molecule has 0 aromatic heterocycles. The van der Waals surface area contributed by atoms with Crippen molar-refractivity contribution in [2.45, 2.75) is 13.1 Å². The molecule has 0 atom stereocenters. The van der Waals surface area contributed by atoms with Gasteiger partial charge in [0.05, 0.1) is 10.0 Å². The molecular formula is C24H26Cl2N2. The van der Waals surface area contributed by atoms with E-state index in [4.69, 9.17) is 23.2 Å². The smallest absolute Gasteiger partial charge is 0.0595 e. The Balaban J connectivity index is 0.000000203. The standard InChI is InChI=1S/C14H15N.C10H11Cl2N/c1-2-10-15-11-13-8-5-7-12-6-3-4-9-14(12)13;1-2-5-13-7-8-3-4-9(11)10(12)6-8/h2-9,15H,1,10-11H2;2-4,6,13H,1,5,7H2. The van der Waals surface area contributed by atoms with E-state index >= 15 is 0 Å². The summed E-state index contributed by atoms with van der Waals surface area (Å²) in [5, 5.41) is 10.3. The largest absolute Gasteiger partial charge is 0.309 e. The normalized spacial score (nSPS) is 10.2. The van der Waals surface area contributed by atoms with Crippen LogP contribution in [0.4, 0.5) is 0 Å². The fourth-order valence-electron chi connectivity index (χ4n) is 2.72. The van der Waals surface area contributed by atoms with Crippen LogP contribution in [0.15, 0.2) is 86.0 Å². The molecule has 2 N–H and O–H groups in total. The van der Waals surface area contributed by atoms with Crippen molar-refractivity contribution in [1.82, 2.24) is 10.6 Å². The van der Waals surface area contributed by atoms with E-state index in [9.17, 15) is 0 Å². The topological polar surface area (TPSA) is 24.1 Å². The molecule has 0 spiro atoms. The van der Waals surface area contributed by atoms with Gasteiger partial charge >= 0.3 is 0 Å². The van der Waals surface area contributed by atoms with Gasteiger partial charge in [0.1, 0.15) is 0 Å². The van der Waals surface area contributed by atoms with Gasteiger partial charge in [-0.1, -0.05) is 83.9 Å². The molecule has 0 heterocycles. The van der Waals surface area contributed by atoms with Crippen LogP contribution in [0.2, 0.25) is 10.0 Å². The van der Waals surface area contributed by atoms with Crippen LogP contribution in [0.5, 0.6) is 0 Å². The van der Waals surface area contributed by atoms with Crippen molar-refractivity contribution < 1.29 is 0 Å². The Morgan fingerprint density at radius 3 is 2.14 bits per heavy atom. The van der Waals surface area contributed by atoms with E-state index in [0.717, 1.165) is 31.7 Å². The number of nitrogens with one attached hydrogen (secondary N) is 2. The van der Waals surface area contributed by atoms with Crippen molar-refractivity contribution in [2.75, 3.05) is 13.1 Å². The monoisotopic (exact) mass is 412 g/mol. The molecule has 0 saturated heterocycles. The third-order valence-corrected chi connectivity index (χ3v) is 4.82. The number of hydrogen-bond acceptors (Lipinski definition) is 2. The van der Waals surface area contributed by atoms with E-state index in [1.807, 2.05) is 24.3 Å². The van der Waals surface area contributed by atoms with Gasteiger partial charge in [0.2, 0.25) is 0 Å². The molecule has 0 aliphatic heterocycles. The molecule has 3 rings (SSSR count). The number of benzene rings is 3. The van der Waals surface area contributed by atoms with E-state index in [1.165, 1.54) is 16.3 Å². The molecule has 0 aliphatic rings. The molecule has 0 unspecified atom stereocenters. The van der Waals surface area contributed by atoms with E-state index in [-0.39, 0.29) is 0 Å². The van der Waals surface area contributed by atoms with Crippen LogP contribution in [0.1, 0.15) is 11.1 Å². The molecule has 4 heteroatoms. The van der Waals surface area contributed by atoms with E-state index in [0.29, 0.717) is 10.0 Å². The van der Waals surface area contributed by atoms with Crippen LogP contribution in [-0.2, 0) is 13.1 Å². The van der Waals surface area contributed by atoms with Crippen LogP contribution < -0.4 is 10.6 Å². The number of fused-ring (bicyclic) bond motifs is 1. The lowest BCUT2D eigenvalue weighted by molar-refractivity contribution is 0.760. The highest BCUT2D eigenvalue weighted by atomic mass is 35.5. The minimum absolute atomic E-state index is 0.592. The lowest BCUT2D eigenvalue weighted by Crippen LogP contribution is -2.12. The summed E-state index contributed by atoms with van der Waals surface area (Å²) in [7, 11) is 0. The highest BCUT2D eigenvalue weighted by Gasteiger charge is 1.99. The highest BCUT2D eigenvalue weighted by molar-refractivity contribution is 6.42. The Morgan fingerprint density at radius 1 is 0.750 bits per heavy atom. The van der Waals surface area contributed by atoms with E-state index < -0.39 is 0 Å². The maximum absolute atomic E-state index is 5.85. The minimum atomic E-state index is 0.592. The van der Waals surface area contributed by atoms with Gasteiger partial charge in [-0.2, -0.15) is 0 Å². The van der Waals surface area contributed by atoms with Gasteiger partial charge in [-0.15, -0.1) is 13.2 Å². The number of rotatable bonds is 8. The van der Waals surface area contributed by atoms with Crippen molar-refractivity contribution in [3.63, 3.8) is 0 Å². The number of halogens is 2. The van der Waals surface area contributed by atoms with E-state index in [2.05, 4.69) is 66.3 Å². The van der Waals surface area contributed by atoms with Crippen molar-refractivity contribution in [3.05, 3.63) is 107 Å². The molecule has 146 valence electrons. The second kappa shape index (κ2) is 12.4. The maximum atomic E-state index is 5.85. The predicted molar refractivity (Wildman–Crippen MR) is 124 cm³/mol. The van der Waals surface area contributed by atoms with Gasteiger partial charge in [0.25, 0.3) is 0 Å². The average Bonchev–Trinajstić information content (AvgIpc) is 2.72. The number of hydrogen-bond donors (Lipinski definition) is 2. The van der Waals surface area contributed by atoms with Crippen molar-refractivity contribution in [1.29, 1.82) is 0 Å². The summed E-state index contributed by atoms with van der Waals surface area (Å²) >= 11 is 11.6. The van der Waals surface area contributed by atoms with Crippen LogP contribution >= 0.6 is 23.2 Å². The second-order valence-electron chi connectivity index (χ2n) is 6.23. The Labute approximate surface area is 177 Å². The summed E-state index contributed by atoms with van der Waals surface area (Å²) in [6, 6.07) is 20.5. The highest BCUT2D eigenvalue weighted by Crippen LogP contribution is 2.22. The first-order valence-electron chi connectivity index (χ1n) is 9.19. The van der Waals surface area contributed by atoms with Gasteiger partial charge in [-0.3, -0.25) is 0 Å². The Hall–Kier alpha value is -2.10. The SMILES string of the molecule is C=CCNCc1ccc(Cl)c(Cl)c1.C=CCNCc1cccc2ccccc12. The fraction of sp³-hybridized carbons (Fsp3) is 0.167. The van der Waals surface area contributed by atoms with Gasteiger partial charge in [-0.05, 0) is 34.0 Å². The summed E-state index contributed by atoms with van der Waals surface area (Å²) in [4.78, 5) is 0. The van der Waals surface area contributed by atoms with Crippen molar-refractivity contribution >= 4 is 34.0 Å². The third-order valence-electron chi connectivity index (χ3n) is 4.09. The summed E-state index contributed by atoms with van der Waals surface area (Å²) in [6.45, 7) is 10.6. The first-order chi connectivity index (χ1) is 13.7. The quantitative estimate of drug-likeness (QED) is 0.331. The fourth-order valence-corrected chi connectivity index (χ4v) is 3.04. The first kappa shape index (κ1) is 22.2. The van der Waals surface area contributed by atoms with Crippen molar-refractivity contribution in [2.24, 2.45) is 0 Å². The zero-order valence-corrected chi connectivity index (χ0v) is 17.4. The lowest BCUT2D eigenvalue weighted by Gasteiger charge is -2.06. The van der Waals surface area contributed by atoms with Gasteiger partial charge < -0.3 is 10.6 Å². The maximum Gasteiger partial charge on any atom is 0.0595 e. The zero-order valence-electron chi connectivity index (χ0n) is 15.9.